The van der Waals surface area contributed by atoms with Crippen LogP contribution in [-0.2, 0) is 13.0 Å². The van der Waals surface area contributed by atoms with E-state index in [2.05, 4.69) is 36.0 Å². The molecule has 4 aromatic heterocycles. The van der Waals surface area contributed by atoms with Crippen LogP contribution < -0.4 is 10.5 Å². The number of pyridine rings is 1. The van der Waals surface area contributed by atoms with Crippen LogP contribution in [0.3, 0.4) is 0 Å². The third-order valence-corrected chi connectivity index (χ3v) is 5.69. The van der Waals surface area contributed by atoms with Gasteiger partial charge in [-0.3, -0.25) is 9.78 Å². The molecule has 0 saturated heterocycles. The highest BCUT2D eigenvalue weighted by molar-refractivity contribution is 5.63. The van der Waals surface area contributed by atoms with Gasteiger partial charge in [0.1, 0.15) is 6.33 Å². The molecule has 0 saturated carbocycles. The Bertz CT molecular complexity index is 1330. The van der Waals surface area contributed by atoms with Gasteiger partial charge >= 0.3 is 0 Å². The normalized spacial score (nSPS) is 13.5. The van der Waals surface area contributed by atoms with Gasteiger partial charge in [0.25, 0.3) is 5.56 Å². The Kier molecular flexibility index (Phi) is 4.27. The first kappa shape index (κ1) is 18.4. The van der Waals surface area contributed by atoms with Crippen molar-refractivity contribution >= 4 is 11.5 Å². The fourth-order valence-electron chi connectivity index (χ4n) is 3.95. The molecule has 1 aliphatic rings. The third-order valence-electron chi connectivity index (χ3n) is 5.69. The number of nitrogens with zero attached hydrogens (tertiary/aromatic N) is 7. The monoisotopic (exact) mass is 399 g/mol. The summed E-state index contributed by atoms with van der Waals surface area (Å²) in [5, 5.41) is 4.68. The van der Waals surface area contributed by atoms with E-state index in [1.807, 2.05) is 27.0 Å². The lowest BCUT2D eigenvalue weighted by Crippen LogP contribution is -2.34. The summed E-state index contributed by atoms with van der Waals surface area (Å²) >= 11 is 0. The van der Waals surface area contributed by atoms with E-state index in [9.17, 15) is 4.79 Å². The van der Waals surface area contributed by atoms with Crippen molar-refractivity contribution in [1.29, 1.82) is 0 Å². The first-order valence-corrected chi connectivity index (χ1v) is 9.87. The maximum absolute atomic E-state index is 12.5. The van der Waals surface area contributed by atoms with Gasteiger partial charge in [0.15, 0.2) is 11.5 Å². The molecule has 30 heavy (non-hydrogen) atoms. The Hall–Kier alpha value is -3.68. The van der Waals surface area contributed by atoms with Crippen LogP contribution in [0.5, 0.6) is 0 Å². The van der Waals surface area contributed by atoms with Crippen molar-refractivity contribution in [1.82, 2.24) is 29.5 Å². The van der Waals surface area contributed by atoms with Crippen LogP contribution in [0.2, 0.25) is 0 Å². The van der Waals surface area contributed by atoms with Crippen LogP contribution in [0.25, 0.3) is 16.8 Å². The van der Waals surface area contributed by atoms with Gasteiger partial charge < -0.3 is 4.90 Å². The first-order valence-electron chi connectivity index (χ1n) is 9.87. The summed E-state index contributed by atoms with van der Waals surface area (Å²) in [6.45, 7) is 7.33. The lowest BCUT2D eigenvalue weighted by atomic mass is 10.0. The van der Waals surface area contributed by atoms with Gasteiger partial charge in [0.05, 0.1) is 0 Å². The highest BCUT2D eigenvalue weighted by Crippen LogP contribution is 2.29. The Morgan fingerprint density at radius 3 is 2.57 bits per heavy atom. The van der Waals surface area contributed by atoms with Gasteiger partial charge in [0.2, 0.25) is 0 Å². The van der Waals surface area contributed by atoms with Crippen molar-refractivity contribution in [2.24, 2.45) is 0 Å². The Balaban J connectivity index is 1.57. The molecule has 0 spiro atoms. The minimum atomic E-state index is -0.160. The highest BCUT2D eigenvalue weighted by atomic mass is 16.1. The first-order chi connectivity index (χ1) is 14.5. The van der Waals surface area contributed by atoms with Crippen LogP contribution in [-0.4, -0.2) is 36.1 Å². The van der Waals surface area contributed by atoms with Gasteiger partial charge in [-0.15, -0.1) is 5.10 Å². The predicted octanol–water partition coefficient (Wildman–Crippen LogP) is 2.43. The van der Waals surface area contributed by atoms with Gasteiger partial charge in [-0.05, 0) is 32.4 Å². The summed E-state index contributed by atoms with van der Waals surface area (Å²) in [7, 11) is 0. The maximum Gasteiger partial charge on any atom is 0.274 e. The molecule has 0 aromatic carbocycles. The summed E-state index contributed by atoms with van der Waals surface area (Å²) in [4.78, 5) is 32.1. The van der Waals surface area contributed by atoms with Crippen molar-refractivity contribution in [3.05, 3.63) is 75.5 Å². The lowest BCUT2D eigenvalue weighted by Gasteiger charge is -2.31. The van der Waals surface area contributed by atoms with Crippen molar-refractivity contribution in [2.75, 3.05) is 11.4 Å². The standard InChI is InChI=1S/C22H21N7O/c1-13-6-20(30)29-21(26-13)14(2)15(3)22(27-29)28-5-4-19-17(11-28)7-16(10-25-19)18-8-23-12-24-9-18/h6-10,12H,4-5,11H2,1-3H3. The topological polar surface area (TPSA) is 89.2 Å². The molecule has 0 atom stereocenters. The largest absolute Gasteiger partial charge is 0.350 e. The minimum absolute atomic E-state index is 0.160. The van der Waals surface area contributed by atoms with E-state index in [0.717, 1.165) is 52.3 Å². The van der Waals surface area contributed by atoms with Crippen LogP contribution in [0.4, 0.5) is 5.82 Å². The Labute approximate surface area is 173 Å². The van der Waals surface area contributed by atoms with E-state index in [0.29, 0.717) is 17.9 Å². The molecular weight excluding hydrogens is 378 g/mol. The number of aryl methyl sites for hydroxylation is 2. The predicted molar refractivity (Wildman–Crippen MR) is 113 cm³/mol. The molecule has 5 rings (SSSR count). The molecule has 1 aliphatic heterocycles. The van der Waals surface area contributed by atoms with E-state index in [-0.39, 0.29) is 5.56 Å². The summed E-state index contributed by atoms with van der Waals surface area (Å²) in [5.41, 5.74) is 7.34. The fraction of sp³-hybridized carbons (Fsp3) is 0.273. The van der Waals surface area contributed by atoms with E-state index in [4.69, 9.17) is 0 Å². The van der Waals surface area contributed by atoms with Crippen LogP contribution in [0.15, 0.2) is 41.8 Å². The Morgan fingerprint density at radius 1 is 0.967 bits per heavy atom. The zero-order valence-electron chi connectivity index (χ0n) is 17.1. The fourth-order valence-corrected chi connectivity index (χ4v) is 3.95. The molecule has 0 N–H and O–H groups in total. The minimum Gasteiger partial charge on any atom is -0.350 e. The smallest absolute Gasteiger partial charge is 0.274 e. The molecule has 0 radical (unpaired) electrons. The molecule has 8 nitrogen and oxygen atoms in total. The lowest BCUT2D eigenvalue weighted by molar-refractivity contribution is 0.684. The van der Waals surface area contributed by atoms with E-state index < -0.39 is 0 Å². The average Bonchev–Trinajstić information content (AvgIpc) is 2.76. The molecule has 0 fully saturated rings. The molecule has 8 heteroatoms. The summed E-state index contributed by atoms with van der Waals surface area (Å²) < 4.78 is 1.41. The van der Waals surface area contributed by atoms with Gasteiger partial charge in [-0.25, -0.2) is 15.0 Å². The number of rotatable bonds is 2. The molecule has 4 aromatic rings. The van der Waals surface area contributed by atoms with Gasteiger partial charge in [0, 0.05) is 77.8 Å². The molecule has 0 aliphatic carbocycles. The third kappa shape index (κ3) is 3.01. The number of aromatic nitrogens is 6. The number of hydrogen-bond donors (Lipinski definition) is 0. The molecule has 5 heterocycles. The van der Waals surface area contributed by atoms with Crippen molar-refractivity contribution < 1.29 is 0 Å². The highest BCUT2D eigenvalue weighted by Gasteiger charge is 2.23. The maximum atomic E-state index is 12.5. The summed E-state index contributed by atoms with van der Waals surface area (Å²) in [5.74, 6) is 0.812. The quantitative estimate of drug-likeness (QED) is 0.511. The summed E-state index contributed by atoms with van der Waals surface area (Å²) in [6, 6.07) is 3.66. The number of anilines is 1. The van der Waals surface area contributed by atoms with E-state index >= 15 is 0 Å². The second kappa shape index (κ2) is 6.98. The van der Waals surface area contributed by atoms with E-state index in [1.165, 1.54) is 16.9 Å². The van der Waals surface area contributed by atoms with E-state index in [1.54, 1.807) is 12.4 Å². The van der Waals surface area contributed by atoms with Crippen LogP contribution >= 0.6 is 0 Å². The molecular formula is C22H21N7O. The summed E-state index contributed by atoms with van der Waals surface area (Å²) in [6.07, 6.45) is 7.80. The average molecular weight is 399 g/mol. The van der Waals surface area contributed by atoms with Crippen molar-refractivity contribution in [2.45, 2.75) is 33.7 Å². The molecule has 150 valence electrons. The van der Waals surface area contributed by atoms with Crippen molar-refractivity contribution in [3.8, 4) is 11.1 Å². The zero-order chi connectivity index (χ0) is 20.8. The van der Waals surface area contributed by atoms with Crippen molar-refractivity contribution in [3.63, 3.8) is 0 Å². The molecule has 0 amide bonds. The Morgan fingerprint density at radius 2 is 1.77 bits per heavy atom. The molecule has 0 bridgehead atoms. The van der Waals surface area contributed by atoms with Crippen LogP contribution in [0, 0.1) is 20.8 Å². The van der Waals surface area contributed by atoms with Gasteiger partial charge in [-0.2, -0.15) is 4.52 Å². The number of fused-ring (bicyclic) bond motifs is 2. The number of hydrogen-bond acceptors (Lipinski definition) is 7. The second-order valence-corrected chi connectivity index (χ2v) is 7.67. The molecule has 0 unspecified atom stereocenters. The van der Waals surface area contributed by atoms with Crippen LogP contribution in [0.1, 0.15) is 28.1 Å². The zero-order valence-corrected chi connectivity index (χ0v) is 17.1. The second-order valence-electron chi connectivity index (χ2n) is 7.67. The SMILES string of the molecule is Cc1cc(=O)n2nc(N3CCc4ncc(-c5cncnc5)cc4C3)c(C)c(C)c2n1. The van der Waals surface area contributed by atoms with Gasteiger partial charge in [-0.1, -0.05) is 0 Å².